The summed E-state index contributed by atoms with van der Waals surface area (Å²) in [7, 11) is -1.88. The van der Waals surface area contributed by atoms with Crippen LogP contribution in [-0.2, 0) is 14.8 Å². The third-order valence-corrected chi connectivity index (χ3v) is 5.40. The molecule has 0 bridgehead atoms. The zero-order chi connectivity index (χ0) is 17.6. The van der Waals surface area contributed by atoms with Crippen molar-refractivity contribution in [2.24, 2.45) is 0 Å². The molecule has 0 unspecified atom stereocenters. The topological polar surface area (TPSA) is 79.0 Å². The molecular weight excluding hydrogens is 330 g/mol. The van der Waals surface area contributed by atoms with Crippen LogP contribution in [0.2, 0.25) is 0 Å². The first kappa shape index (κ1) is 18.4. The van der Waals surface area contributed by atoms with E-state index >= 15 is 0 Å². The van der Waals surface area contributed by atoms with E-state index in [4.69, 9.17) is 4.74 Å². The molecule has 2 rings (SSSR count). The Bertz CT molecular complexity index is 655. The van der Waals surface area contributed by atoms with Crippen LogP contribution in [0, 0.1) is 0 Å². The second-order valence-corrected chi connectivity index (χ2v) is 7.63. The second kappa shape index (κ2) is 8.23. The number of nitrogens with one attached hydrogen (secondary N) is 1. The van der Waals surface area contributed by atoms with Crippen LogP contribution in [0.4, 0.5) is 11.4 Å². The highest BCUT2D eigenvalue weighted by atomic mass is 32.2. The number of piperazine rings is 1. The average molecular weight is 355 g/mol. The molecule has 134 valence electrons. The summed E-state index contributed by atoms with van der Waals surface area (Å²) in [6, 6.07) is 5.46. The van der Waals surface area contributed by atoms with Crippen molar-refractivity contribution in [3.63, 3.8) is 0 Å². The van der Waals surface area contributed by atoms with Gasteiger partial charge in [0.05, 0.1) is 18.6 Å². The molecule has 0 spiro atoms. The first-order valence-corrected chi connectivity index (χ1v) is 9.77. The molecule has 0 aromatic heterocycles. The number of nitrogens with zero attached hydrogens (tertiary/aromatic N) is 2. The molecule has 1 saturated heterocycles. The van der Waals surface area contributed by atoms with E-state index in [1.165, 1.54) is 7.11 Å². The average Bonchev–Trinajstić information content (AvgIpc) is 2.59. The largest absolute Gasteiger partial charge is 0.495 e. The number of hydrogen-bond acceptors (Lipinski definition) is 5. The molecule has 0 aliphatic carbocycles. The highest BCUT2D eigenvalue weighted by molar-refractivity contribution is 7.92. The molecule has 0 atom stereocenters. The second-order valence-electron chi connectivity index (χ2n) is 5.79. The summed E-state index contributed by atoms with van der Waals surface area (Å²) in [6.07, 6.45) is 2.29. The molecule has 0 saturated carbocycles. The van der Waals surface area contributed by atoms with E-state index in [1.807, 2.05) is 13.0 Å². The summed E-state index contributed by atoms with van der Waals surface area (Å²) < 4.78 is 32.2. The van der Waals surface area contributed by atoms with Gasteiger partial charge >= 0.3 is 0 Å². The van der Waals surface area contributed by atoms with Gasteiger partial charge in [-0.1, -0.05) is 13.3 Å². The molecule has 1 aromatic rings. The first-order valence-electron chi connectivity index (χ1n) is 8.12. The van der Waals surface area contributed by atoms with Crippen LogP contribution >= 0.6 is 0 Å². The van der Waals surface area contributed by atoms with E-state index in [9.17, 15) is 13.2 Å². The monoisotopic (exact) mass is 355 g/mol. The van der Waals surface area contributed by atoms with Crippen LogP contribution in [0.5, 0.6) is 5.75 Å². The lowest BCUT2D eigenvalue weighted by atomic mass is 10.2. The lowest BCUT2D eigenvalue weighted by Crippen LogP contribution is -2.45. The Hall–Kier alpha value is -1.96. The third-order valence-electron chi connectivity index (χ3n) is 4.04. The fourth-order valence-electron chi connectivity index (χ4n) is 2.61. The molecule has 1 aromatic carbocycles. The van der Waals surface area contributed by atoms with Crippen LogP contribution in [-0.4, -0.2) is 58.8 Å². The third kappa shape index (κ3) is 4.77. The van der Waals surface area contributed by atoms with Gasteiger partial charge in [0.1, 0.15) is 5.75 Å². The zero-order valence-corrected chi connectivity index (χ0v) is 15.0. The fraction of sp³-hybridized carbons (Fsp3) is 0.562. The van der Waals surface area contributed by atoms with E-state index in [1.54, 1.807) is 17.0 Å². The highest BCUT2D eigenvalue weighted by Gasteiger charge is 2.19. The first-order chi connectivity index (χ1) is 11.5. The number of rotatable bonds is 8. The summed E-state index contributed by atoms with van der Waals surface area (Å²) in [5.41, 5.74) is 1.36. The van der Waals surface area contributed by atoms with Crippen LogP contribution in [0.25, 0.3) is 0 Å². The number of hydrogen-bond donors (Lipinski definition) is 1. The number of amides is 1. The van der Waals surface area contributed by atoms with E-state index in [0.29, 0.717) is 44.0 Å². The standard InChI is InChI=1S/C16H25N3O4S/c1-3-4-11-24(21,22)17-15-12-14(5-6-16(15)23-2)19-9-7-18(13-20)8-10-19/h5-6,12-13,17H,3-4,7-11H2,1-2H3. The van der Waals surface area contributed by atoms with Crippen LogP contribution in [0.15, 0.2) is 18.2 Å². The minimum absolute atomic E-state index is 0.0922. The van der Waals surface area contributed by atoms with E-state index in [-0.39, 0.29) is 5.75 Å². The van der Waals surface area contributed by atoms with Crippen molar-refractivity contribution in [3.8, 4) is 5.75 Å². The molecule has 1 fully saturated rings. The minimum Gasteiger partial charge on any atom is -0.495 e. The van der Waals surface area contributed by atoms with Crippen molar-refractivity contribution >= 4 is 27.8 Å². The van der Waals surface area contributed by atoms with Gasteiger partial charge in [-0.05, 0) is 24.6 Å². The number of ether oxygens (including phenoxy) is 1. The zero-order valence-electron chi connectivity index (χ0n) is 14.2. The maximum Gasteiger partial charge on any atom is 0.232 e. The summed E-state index contributed by atoms with van der Waals surface area (Å²) in [4.78, 5) is 14.7. The Morgan fingerprint density at radius 3 is 2.54 bits per heavy atom. The fourth-order valence-corrected chi connectivity index (χ4v) is 3.88. The van der Waals surface area contributed by atoms with Gasteiger partial charge in [0.15, 0.2) is 0 Å². The number of benzene rings is 1. The number of sulfonamides is 1. The van der Waals surface area contributed by atoms with Gasteiger partial charge in [-0.2, -0.15) is 0 Å². The van der Waals surface area contributed by atoms with Crippen LogP contribution < -0.4 is 14.4 Å². The number of carbonyl (C=O) groups is 1. The molecule has 1 amide bonds. The Morgan fingerprint density at radius 1 is 1.25 bits per heavy atom. The van der Waals surface area contributed by atoms with Crippen molar-refractivity contribution in [1.29, 1.82) is 0 Å². The van der Waals surface area contributed by atoms with Crippen molar-refractivity contribution < 1.29 is 17.9 Å². The smallest absolute Gasteiger partial charge is 0.232 e. The number of anilines is 2. The van der Waals surface area contributed by atoms with Crippen molar-refractivity contribution in [1.82, 2.24) is 4.90 Å². The Morgan fingerprint density at radius 2 is 1.96 bits per heavy atom. The lowest BCUT2D eigenvalue weighted by molar-refractivity contribution is -0.118. The van der Waals surface area contributed by atoms with Gasteiger partial charge in [-0.15, -0.1) is 0 Å². The summed E-state index contributed by atoms with van der Waals surface area (Å²) in [5.74, 6) is 0.583. The van der Waals surface area contributed by atoms with E-state index < -0.39 is 10.0 Å². The lowest BCUT2D eigenvalue weighted by Gasteiger charge is -2.34. The van der Waals surface area contributed by atoms with Gasteiger partial charge in [0.25, 0.3) is 0 Å². The SMILES string of the molecule is CCCCS(=O)(=O)Nc1cc(N2CCN(C=O)CC2)ccc1OC. The van der Waals surface area contributed by atoms with Gasteiger partial charge in [-0.3, -0.25) is 9.52 Å². The van der Waals surface area contributed by atoms with Gasteiger partial charge < -0.3 is 14.5 Å². The maximum absolute atomic E-state index is 12.2. The van der Waals surface area contributed by atoms with Gasteiger partial charge in [0.2, 0.25) is 16.4 Å². The maximum atomic E-state index is 12.2. The van der Waals surface area contributed by atoms with Gasteiger partial charge in [-0.25, -0.2) is 8.42 Å². The molecule has 1 aliphatic rings. The Kier molecular flexibility index (Phi) is 6.30. The van der Waals surface area contributed by atoms with Crippen molar-refractivity contribution in [3.05, 3.63) is 18.2 Å². The predicted octanol–water partition coefficient (Wildman–Crippen LogP) is 1.52. The molecular formula is C16H25N3O4S. The molecule has 8 heteroatoms. The van der Waals surface area contributed by atoms with Gasteiger partial charge in [0, 0.05) is 31.9 Å². The Labute approximate surface area is 143 Å². The van der Waals surface area contributed by atoms with Crippen LogP contribution in [0.3, 0.4) is 0 Å². The normalized spacial score (nSPS) is 15.2. The quantitative estimate of drug-likeness (QED) is 0.715. The number of unbranched alkanes of at least 4 members (excludes halogenated alkanes) is 1. The van der Waals surface area contributed by atoms with Crippen molar-refractivity contribution in [2.45, 2.75) is 19.8 Å². The van der Waals surface area contributed by atoms with E-state index in [0.717, 1.165) is 18.5 Å². The summed E-state index contributed by atoms with van der Waals surface area (Å²) in [5, 5.41) is 0. The van der Waals surface area contributed by atoms with Crippen molar-refractivity contribution in [2.75, 3.05) is 48.7 Å². The molecule has 1 heterocycles. The minimum atomic E-state index is -3.39. The van der Waals surface area contributed by atoms with E-state index in [2.05, 4.69) is 9.62 Å². The highest BCUT2D eigenvalue weighted by Crippen LogP contribution is 2.31. The molecule has 1 aliphatic heterocycles. The summed E-state index contributed by atoms with van der Waals surface area (Å²) >= 11 is 0. The number of carbonyl (C=O) groups excluding carboxylic acids is 1. The molecule has 7 nitrogen and oxygen atoms in total. The molecule has 1 N–H and O–H groups in total. The molecule has 24 heavy (non-hydrogen) atoms. The van der Waals surface area contributed by atoms with Crippen LogP contribution in [0.1, 0.15) is 19.8 Å². The predicted molar refractivity (Wildman–Crippen MR) is 95.2 cm³/mol. The molecule has 0 radical (unpaired) electrons. The summed E-state index contributed by atoms with van der Waals surface area (Å²) in [6.45, 7) is 4.70. The number of methoxy groups -OCH3 is 1. The Balaban J connectivity index is 2.17.